The third kappa shape index (κ3) is 3.61. The van der Waals surface area contributed by atoms with Crippen molar-refractivity contribution in [2.75, 3.05) is 30.8 Å². The minimum absolute atomic E-state index is 0. The molecule has 0 spiro atoms. The molecule has 0 radical (unpaired) electrons. The standard InChI is InChI=1S/C10H15ClN4S.ClH/c1-16-10-13-8(11)4-9(14-10)15-3-2-7(5-12)6-15;/h4,7H,2-3,5-6,12H2,1H3;1H. The van der Waals surface area contributed by atoms with Gasteiger partial charge in [-0.3, -0.25) is 0 Å². The van der Waals surface area contributed by atoms with Crippen molar-refractivity contribution in [2.45, 2.75) is 11.6 Å². The average Bonchev–Trinajstić information content (AvgIpc) is 2.76. The van der Waals surface area contributed by atoms with Crippen LogP contribution in [0.15, 0.2) is 11.2 Å². The molecular weight excluding hydrogens is 279 g/mol. The smallest absolute Gasteiger partial charge is 0.190 e. The number of rotatable bonds is 3. The van der Waals surface area contributed by atoms with Crippen LogP contribution in [0.4, 0.5) is 5.82 Å². The molecule has 1 atom stereocenters. The molecule has 2 rings (SSSR count). The maximum Gasteiger partial charge on any atom is 0.190 e. The van der Waals surface area contributed by atoms with Crippen LogP contribution in [0.3, 0.4) is 0 Å². The van der Waals surface area contributed by atoms with Gasteiger partial charge in [0.2, 0.25) is 0 Å². The summed E-state index contributed by atoms with van der Waals surface area (Å²) >= 11 is 7.47. The number of nitrogens with zero attached hydrogens (tertiary/aromatic N) is 3. The van der Waals surface area contributed by atoms with Crippen LogP contribution in [-0.4, -0.2) is 35.9 Å². The fraction of sp³-hybridized carbons (Fsp3) is 0.600. The van der Waals surface area contributed by atoms with E-state index in [9.17, 15) is 0 Å². The molecule has 96 valence electrons. The van der Waals surface area contributed by atoms with Gasteiger partial charge < -0.3 is 10.6 Å². The average molecular weight is 295 g/mol. The summed E-state index contributed by atoms with van der Waals surface area (Å²) < 4.78 is 0. The summed E-state index contributed by atoms with van der Waals surface area (Å²) in [5, 5.41) is 1.23. The van der Waals surface area contributed by atoms with Crippen LogP contribution in [0.25, 0.3) is 0 Å². The molecule has 0 amide bonds. The molecule has 4 nitrogen and oxygen atoms in total. The van der Waals surface area contributed by atoms with E-state index in [1.165, 1.54) is 11.8 Å². The van der Waals surface area contributed by atoms with E-state index in [0.717, 1.165) is 37.0 Å². The second-order valence-corrected chi connectivity index (χ2v) is 5.03. The monoisotopic (exact) mass is 294 g/mol. The van der Waals surface area contributed by atoms with Gasteiger partial charge in [0, 0.05) is 19.2 Å². The van der Waals surface area contributed by atoms with E-state index >= 15 is 0 Å². The lowest BCUT2D eigenvalue weighted by atomic mass is 10.1. The SMILES string of the molecule is CSc1nc(Cl)cc(N2CCC(CN)C2)n1.Cl. The third-order valence-electron chi connectivity index (χ3n) is 2.79. The van der Waals surface area contributed by atoms with Gasteiger partial charge in [-0.1, -0.05) is 23.4 Å². The number of anilines is 1. The zero-order valence-electron chi connectivity index (χ0n) is 9.60. The maximum absolute atomic E-state index is 5.96. The predicted octanol–water partition coefficient (Wildman–Crippen LogP) is 2.06. The molecule has 2 N–H and O–H groups in total. The van der Waals surface area contributed by atoms with E-state index in [-0.39, 0.29) is 12.4 Å². The van der Waals surface area contributed by atoms with Crippen molar-refractivity contribution >= 4 is 41.6 Å². The van der Waals surface area contributed by atoms with Crippen LogP contribution in [0.5, 0.6) is 0 Å². The lowest BCUT2D eigenvalue weighted by Gasteiger charge is -2.17. The Morgan fingerprint density at radius 1 is 1.59 bits per heavy atom. The Hall–Kier alpha value is -0.230. The molecule has 0 saturated carbocycles. The first-order valence-electron chi connectivity index (χ1n) is 5.26. The highest BCUT2D eigenvalue weighted by Gasteiger charge is 2.22. The highest BCUT2D eigenvalue weighted by Crippen LogP contribution is 2.25. The van der Waals surface area contributed by atoms with E-state index in [1.54, 1.807) is 0 Å². The first-order chi connectivity index (χ1) is 7.72. The van der Waals surface area contributed by atoms with Gasteiger partial charge in [0.25, 0.3) is 0 Å². The van der Waals surface area contributed by atoms with Crippen molar-refractivity contribution in [1.82, 2.24) is 9.97 Å². The van der Waals surface area contributed by atoms with E-state index < -0.39 is 0 Å². The summed E-state index contributed by atoms with van der Waals surface area (Å²) in [6, 6.07) is 1.82. The van der Waals surface area contributed by atoms with Crippen molar-refractivity contribution in [3.63, 3.8) is 0 Å². The molecule has 2 heterocycles. The number of hydrogen-bond acceptors (Lipinski definition) is 5. The molecule has 0 bridgehead atoms. The summed E-state index contributed by atoms with van der Waals surface area (Å²) in [7, 11) is 0. The van der Waals surface area contributed by atoms with Crippen molar-refractivity contribution in [3.8, 4) is 0 Å². The van der Waals surface area contributed by atoms with Crippen molar-refractivity contribution in [3.05, 3.63) is 11.2 Å². The Balaban J connectivity index is 0.00000144. The second kappa shape index (κ2) is 6.64. The van der Waals surface area contributed by atoms with Crippen molar-refractivity contribution in [1.29, 1.82) is 0 Å². The van der Waals surface area contributed by atoms with Crippen molar-refractivity contribution in [2.24, 2.45) is 11.7 Å². The predicted molar refractivity (Wildman–Crippen MR) is 75.4 cm³/mol. The molecule has 0 aliphatic carbocycles. The van der Waals surface area contributed by atoms with Gasteiger partial charge in [0.1, 0.15) is 11.0 Å². The van der Waals surface area contributed by atoms with Gasteiger partial charge in [0.15, 0.2) is 5.16 Å². The van der Waals surface area contributed by atoms with Crippen LogP contribution in [-0.2, 0) is 0 Å². The quantitative estimate of drug-likeness (QED) is 0.525. The first-order valence-corrected chi connectivity index (χ1v) is 6.86. The fourth-order valence-corrected chi connectivity index (χ4v) is 2.47. The number of thioether (sulfide) groups is 1. The molecule has 0 aromatic carbocycles. The third-order valence-corrected chi connectivity index (χ3v) is 3.53. The van der Waals surface area contributed by atoms with Gasteiger partial charge in [0.05, 0.1) is 0 Å². The maximum atomic E-state index is 5.96. The summed E-state index contributed by atoms with van der Waals surface area (Å²) in [4.78, 5) is 10.8. The van der Waals surface area contributed by atoms with Crippen LogP contribution >= 0.6 is 35.8 Å². The van der Waals surface area contributed by atoms with Gasteiger partial charge >= 0.3 is 0 Å². The topological polar surface area (TPSA) is 55.0 Å². The van der Waals surface area contributed by atoms with Crippen LogP contribution < -0.4 is 10.6 Å². The Labute approximate surface area is 117 Å². The highest BCUT2D eigenvalue weighted by atomic mass is 35.5. The lowest BCUT2D eigenvalue weighted by Crippen LogP contribution is -2.23. The van der Waals surface area contributed by atoms with E-state index in [2.05, 4.69) is 14.9 Å². The van der Waals surface area contributed by atoms with E-state index in [1.807, 2.05) is 12.3 Å². The molecular formula is C10H16Cl2N4S. The van der Waals surface area contributed by atoms with Crippen LogP contribution in [0.1, 0.15) is 6.42 Å². The van der Waals surface area contributed by atoms with Gasteiger partial charge in [-0.15, -0.1) is 12.4 Å². The first kappa shape index (κ1) is 14.8. The molecule has 1 fully saturated rings. The molecule has 1 unspecified atom stereocenters. The number of nitrogens with two attached hydrogens (primary N) is 1. The second-order valence-electron chi connectivity index (χ2n) is 3.87. The number of aromatic nitrogens is 2. The summed E-state index contributed by atoms with van der Waals surface area (Å²) in [6.07, 6.45) is 3.08. The van der Waals surface area contributed by atoms with Crippen molar-refractivity contribution < 1.29 is 0 Å². The Morgan fingerprint density at radius 3 is 2.94 bits per heavy atom. The largest absolute Gasteiger partial charge is 0.356 e. The van der Waals surface area contributed by atoms with Gasteiger partial charge in [-0.25, -0.2) is 9.97 Å². The van der Waals surface area contributed by atoms with Gasteiger partial charge in [-0.2, -0.15) is 0 Å². The molecule has 1 aliphatic rings. The summed E-state index contributed by atoms with van der Waals surface area (Å²) in [5.74, 6) is 1.49. The zero-order chi connectivity index (χ0) is 11.5. The van der Waals surface area contributed by atoms with Crippen LogP contribution in [0, 0.1) is 5.92 Å². The molecule has 17 heavy (non-hydrogen) atoms. The van der Waals surface area contributed by atoms with E-state index in [0.29, 0.717) is 11.1 Å². The highest BCUT2D eigenvalue weighted by molar-refractivity contribution is 7.98. The Morgan fingerprint density at radius 2 is 2.35 bits per heavy atom. The zero-order valence-corrected chi connectivity index (χ0v) is 12.0. The molecule has 1 aromatic heterocycles. The summed E-state index contributed by atoms with van der Waals surface area (Å²) in [5.41, 5.74) is 5.67. The van der Waals surface area contributed by atoms with E-state index in [4.69, 9.17) is 17.3 Å². The molecule has 1 saturated heterocycles. The number of hydrogen-bond donors (Lipinski definition) is 1. The lowest BCUT2D eigenvalue weighted by molar-refractivity contribution is 0.602. The molecule has 7 heteroatoms. The normalized spacial score (nSPS) is 19.2. The Bertz CT molecular complexity index is 377. The minimum atomic E-state index is 0. The van der Waals surface area contributed by atoms with Crippen LogP contribution in [0.2, 0.25) is 5.15 Å². The Kier molecular flexibility index (Phi) is 5.79. The molecule has 1 aliphatic heterocycles. The number of halogens is 2. The minimum Gasteiger partial charge on any atom is -0.356 e. The molecule has 1 aromatic rings. The summed E-state index contributed by atoms with van der Waals surface area (Å²) in [6.45, 7) is 2.71. The van der Waals surface area contributed by atoms with Gasteiger partial charge in [-0.05, 0) is 25.1 Å². The fourth-order valence-electron chi connectivity index (χ4n) is 1.87.